The lowest BCUT2D eigenvalue weighted by molar-refractivity contribution is -0.143. The lowest BCUT2D eigenvalue weighted by atomic mass is 10.0. The van der Waals surface area contributed by atoms with Crippen LogP contribution in [0.5, 0.6) is 0 Å². The van der Waals surface area contributed by atoms with Gasteiger partial charge in [0.25, 0.3) is 0 Å². The first-order valence-corrected chi connectivity index (χ1v) is 6.80. The Morgan fingerprint density at radius 2 is 1.91 bits per heavy atom. The minimum absolute atomic E-state index is 0.0239. The van der Waals surface area contributed by atoms with Gasteiger partial charge in [-0.25, -0.2) is 18.8 Å². The molecule has 0 aliphatic carbocycles. The van der Waals surface area contributed by atoms with E-state index in [1.807, 2.05) is 0 Å². The zero-order valence-corrected chi connectivity index (χ0v) is 13.1. The lowest BCUT2D eigenvalue weighted by Gasteiger charge is -2.16. The van der Waals surface area contributed by atoms with Crippen molar-refractivity contribution < 1.29 is 33.0 Å². The third-order valence-corrected chi connectivity index (χ3v) is 2.93. The van der Waals surface area contributed by atoms with E-state index >= 15 is 0 Å². The normalized spacial score (nSPS) is 11.3. The summed E-state index contributed by atoms with van der Waals surface area (Å²) in [7, 11) is 2.31. The van der Waals surface area contributed by atoms with Crippen molar-refractivity contribution in [3.63, 3.8) is 0 Å². The third-order valence-electron chi connectivity index (χ3n) is 2.93. The second kappa shape index (κ2) is 8.72. The standard InChI is InChI=1S/C15H18FNO6/c1-4-23-15(20)17-12(14(19)22-3)8-9-5-6-10(11(16)7-9)13(18)21-2/h5-7,12H,4,8H2,1-3H3,(H,17,20). The molecule has 8 heteroatoms. The Morgan fingerprint density at radius 1 is 1.22 bits per heavy atom. The fourth-order valence-corrected chi connectivity index (χ4v) is 1.85. The zero-order chi connectivity index (χ0) is 17.4. The topological polar surface area (TPSA) is 90.9 Å². The number of halogens is 1. The van der Waals surface area contributed by atoms with Gasteiger partial charge in [0.15, 0.2) is 0 Å². The molecule has 0 aliphatic heterocycles. The van der Waals surface area contributed by atoms with Gasteiger partial charge in [0.1, 0.15) is 11.9 Å². The SMILES string of the molecule is CCOC(=O)NC(Cc1ccc(C(=O)OC)c(F)c1)C(=O)OC. The minimum atomic E-state index is -1.04. The van der Waals surface area contributed by atoms with E-state index in [1.165, 1.54) is 19.2 Å². The van der Waals surface area contributed by atoms with Crippen LogP contribution in [0.3, 0.4) is 0 Å². The average Bonchev–Trinajstić information content (AvgIpc) is 2.53. The maximum absolute atomic E-state index is 13.9. The number of hydrogen-bond donors (Lipinski definition) is 1. The van der Waals surface area contributed by atoms with Crippen LogP contribution in [0, 0.1) is 5.82 Å². The number of alkyl carbamates (subject to hydrolysis) is 1. The molecule has 1 amide bonds. The minimum Gasteiger partial charge on any atom is -0.467 e. The predicted molar refractivity (Wildman–Crippen MR) is 77.4 cm³/mol. The molecule has 0 saturated carbocycles. The summed E-state index contributed by atoms with van der Waals surface area (Å²) in [5.41, 5.74) is 0.173. The van der Waals surface area contributed by atoms with E-state index in [0.29, 0.717) is 5.56 Å². The number of methoxy groups -OCH3 is 2. The summed E-state index contributed by atoms with van der Waals surface area (Å²) in [6, 6.07) is 2.75. The predicted octanol–water partition coefficient (Wildman–Crippen LogP) is 1.44. The van der Waals surface area contributed by atoms with E-state index in [4.69, 9.17) is 4.74 Å². The molecule has 0 bridgehead atoms. The number of rotatable bonds is 6. The summed E-state index contributed by atoms with van der Waals surface area (Å²) in [5.74, 6) is -2.28. The number of ether oxygens (including phenoxy) is 3. The van der Waals surface area contributed by atoms with E-state index in [1.54, 1.807) is 6.92 Å². The Bertz CT molecular complexity index is 589. The molecule has 0 heterocycles. The van der Waals surface area contributed by atoms with E-state index in [2.05, 4.69) is 14.8 Å². The maximum atomic E-state index is 13.9. The smallest absolute Gasteiger partial charge is 0.407 e. The molecule has 1 N–H and O–H groups in total. The lowest BCUT2D eigenvalue weighted by Crippen LogP contribution is -2.43. The molecule has 1 aromatic rings. The molecule has 23 heavy (non-hydrogen) atoms. The number of hydrogen-bond acceptors (Lipinski definition) is 6. The van der Waals surface area contributed by atoms with Gasteiger partial charge in [-0.3, -0.25) is 0 Å². The van der Waals surface area contributed by atoms with Crippen molar-refractivity contribution in [2.45, 2.75) is 19.4 Å². The van der Waals surface area contributed by atoms with Gasteiger partial charge in [-0.15, -0.1) is 0 Å². The van der Waals surface area contributed by atoms with Crippen LogP contribution in [-0.4, -0.2) is 44.9 Å². The highest BCUT2D eigenvalue weighted by Crippen LogP contribution is 2.14. The average molecular weight is 327 g/mol. The van der Waals surface area contributed by atoms with Crippen molar-refractivity contribution in [1.29, 1.82) is 0 Å². The van der Waals surface area contributed by atoms with E-state index < -0.39 is 29.9 Å². The number of nitrogens with one attached hydrogen (secondary N) is 1. The van der Waals surface area contributed by atoms with E-state index in [-0.39, 0.29) is 18.6 Å². The second-order valence-corrected chi connectivity index (χ2v) is 4.45. The molecule has 0 saturated heterocycles. The largest absolute Gasteiger partial charge is 0.467 e. The van der Waals surface area contributed by atoms with Crippen LogP contribution in [0.25, 0.3) is 0 Å². The number of esters is 2. The van der Waals surface area contributed by atoms with Crippen molar-refractivity contribution in [2.75, 3.05) is 20.8 Å². The monoisotopic (exact) mass is 327 g/mol. The highest BCUT2D eigenvalue weighted by molar-refractivity contribution is 5.89. The second-order valence-electron chi connectivity index (χ2n) is 4.45. The van der Waals surface area contributed by atoms with Crippen LogP contribution in [0.1, 0.15) is 22.8 Å². The number of carbonyl (C=O) groups is 3. The van der Waals surface area contributed by atoms with Gasteiger partial charge in [-0.05, 0) is 24.6 Å². The molecule has 0 aliphatic rings. The number of amides is 1. The molecule has 0 radical (unpaired) electrons. The Morgan fingerprint density at radius 3 is 2.43 bits per heavy atom. The molecular formula is C15H18FNO6. The Hall–Kier alpha value is -2.64. The van der Waals surface area contributed by atoms with Crippen LogP contribution >= 0.6 is 0 Å². The fourth-order valence-electron chi connectivity index (χ4n) is 1.85. The summed E-state index contributed by atoms with van der Waals surface area (Å²) >= 11 is 0. The molecule has 126 valence electrons. The molecular weight excluding hydrogens is 309 g/mol. The fraction of sp³-hybridized carbons (Fsp3) is 0.400. The van der Waals surface area contributed by atoms with Crippen LogP contribution in [0.2, 0.25) is 0 Å². The summed E-state index contributed by atoms with van der Waals surface area (Å²) in [6.07, 6.45) is -0.807. The van der Waals surface area contributed by atoms with Gasteiger partial charge in [-0.1, -0.05) is 6.07 Å². The van der Waals surface area contributed by atoms with Gasteiger partial charge in [0.05, 0.1) is 26.4 Å². The maximum Gasteiger partial charge on any atom is 0.407 e. The van der Waals surface area contributed by atoms with E-state index in [9.17, 15) is 18.8 Å². The Balaban J connectivity index is 2.91. The van der Waals surface area contributed by atoms with Crippen LogP contribution in [0.15, 0.2) is 18.2 Å². The highest BCUT2D eigenvalue weighted by atomic mass is 19.1. The first-order valence-electron chi connectivity index (χ1n) is 6.80. The molecule has 1 atom stereocenters. The molecule has 1 rings (SSSR count). The van der Waals surface area contributed by atoms with Crippen molar-refractivity contribution in [3.8, 4) is 0 Å². The van der Waals surface area contributed by atoms with Crippen LogP contribution in [-0.2, 0) is 25.4 Å². The first kappa shape index (κ1) is 18.4. The Kier molecular flexibility index (Phi) is 6.98. The van der Waals surface area contributed by atoms with Gasteiger partial charge >= 0.3 is 18.0 Å². The van der Waals surface area contributed by atoms with Crippen molar-refractivity contribution in [1.82, 2.24) is 5.32 Å². The summed E-state index contributed by atoms with van der Waals surface area (Å²) in [4.78, 5) is 34.5. The van der Waals surface area contributed by atoms with Crippen molar-refractivity contribution >= 4 is 18.0 Å². The van der Waals surface area contributed by atoms with Crippen LogP contribution < -0.4 is 5.32 Å². The molecule has 7 nitrogen and oxygen atoms in total. The molecule has 0 aromatic heterocycles. The summed E-state index contributed by atoms with van der Waals surface area (Å²) < 4.78 is 27.6. The van der Waals surface area contributed by atoms with E-state index in [0.717, 1.165) is 13.2 Å². The molecule has 1 aromatic carbocycles. The van der Waals surface area contributed by atoms with Gasteiger partial charge in [-0.2, -0.15) is 0 Å². The Labute approximate surface area is 132 Å². The third kappa shape index (κ3) is 5.24. The molecule has 0 spiro atoms. The zero-order valence-electron chi connectivity index (χ0n) is 13.1. The number of benzene rings is 1. The van der Waals surface area contributed by atoms with Gasteiger partial charge < -0.3 is 19.5 Å². The van der Waals surface area contributed by atoms with Crippen molar-refractivity contribution in [3.05, 3.63) is 35.1 Å². The molecule has 0 fully saturated rings. The van der Waals surface area contributed by atoms with Crippen molar-refractivity contribution in [2.24, 2.45) is 0 Å². The quantitative estimate of drug-likeness (QED) is 0.628. The first-order chi connectivity index (χ1) is 10.9. The highest BCUT2D eigenvalue weighted by Gasteiger charge is 2.23. The summed E-state index contributed by atoms with van der Waals surface area (Å²) in [5, 5.41) is 2.34. The van der Waals surface area contributed by atoms with Crippen LogP contribution in [0.4, 0.5) is 9.18 Å². The van der Waals surface area contributed by atoms with Gasteiger partial charge in [0, 0.05) is 6.42 Å². The van der Waals surface area contributed by atoms with Gasteiger partial charge in [0.2, 0.25) is 0 Å². The summed E-state index contributed by atoms with van der Waals surface area (Å²) in [6.45, 7) is 1.76. The number of carbonyl (C=O) groups excluding carboxylic acids is 3. The molecule has 1 unspecified atom stereocenters.